The molecule has 1 unspecified atom stereocenters. The fourth-order valence-corrected chi connectivity index (χ4v) is 3.05. The summed E-state index contributed by atoms with van der Waals surface area (Å²) in [6.07, 6.45) is 0. The third kappa shape index (κ3) is 2.43. The highest BCUT2D eigenvalue weighted by molar-refractivity contribution is 6.31. The molecule has 21 heavy (non-hydrogen) atoms. The van der Waals surface area contributed by atoms with E-state index in [0.29, 0.717) is 0 Å². The Labute approximate surface area is 130 Å². The minimum Gasteiger partial charge on any atom is -0.492 e. The summed E-state index contributed by atoms with van der Waals surface area (Å²) in [5, 5.41) is 0.757. The molecule has 110 valence electrons. The Morgan fingerprint density at radius 2 is 2.00 bits per heavy atom. The van der Waals surface area contributed by atoms with Gasteiger partial charge in [-0.25, -0.2) is 0 Å². The van der Waals surface area contributed by atoms with Crippen molar-refractivity contribution in [3.8, 4) is 5.75 Å². The number of hydrogen-bond donors (Lipinski definition) is 1. The molecule has 2 aromatic rings. The van der Waals surface area contributed by atoms with Crippen LogP contribution in [-0.2, 0) is 5.41 Å². The van der Waals surface area contributed by atoms with Crippen LogP contribution in [0.3, 0.4) is 0 Å². The van der Waals surface area contributed by atoms with Gasteiger partial charge in [-0.15, -0.1) is 0 Å². The summed E-state index contributed by atoms with van der Waals surface area (Å²) >= 11 is 6.21. The summed E-state index contributed by atoms with van der Waals surface area (Å²) < 4.78 is 5.74. The van der Waals surface area contributed by atoms with Gasteiger partial charge in [-0.05, 0) is 41.8 Å². The Bertz CT molecular complexity index is 694. The van der Waals surface area contributed by atoms with E-state index in [1.54, 1.807) is 0 Å². The second kappa shape index (κ2) is 5.04. The lowest BCUT2D eigenvalue weighted by Crippen LogP contribution is -2.19. The third-order valence-electron chi connectivity index (χ3n) is 4.33. The maximum atomic E-state index is 6.47. The molecule has 1 atom stereocenters. The highest BCUT2D eigenvalue weighted by Crippen LogP contribution is 2.40. The smallest absolute Gasteiger partial charge is 0.123 e. The van der Waals surface area contributed by atoms with Gasteiger partial charge in [0.2, 0.25) is 0 Å². The van der Waals surface area contributed by atoms with Gasteiger partial charge >= 0.3 is 0 Å². The summed E-state index contributed by atoms with van der Waals surface area (Å²) in [4.78, 5) is 0. The molecule has 2 aromatic carbocycles. The minimum absolute atomic E-state index is 0.0362. The first-order chi connectivity index (χ1) is 9.90. The molecule has 0 fully saturated rings. The molecule has 1 aliphatic rings. The maximum absolute atomic E-state index is 6.47. The maximum Gasteiger partial charge on any atom is 0.123 e. The summed E-state index contributed by atoms with van der Waals surface area (Å²) in [5.41, 5.74) is 10.9. The number of halogens is 1. The highest BCUT2D eigenvalue weighted by Gasteiger charge is 2.32. The molecule has 0 amide bonds. The first-order valence-electron chi connectivity index (χ1n) is 7.18. The molecule has 0 spiro atoms. The lowest BCUT2D eigenvalue weighted by molar-refractivity contribution is 0.291. The number of nitrogens with two attached hydrogens (primary N) is 1. The van der Waals surface area contributed by atoms with Crippen molar-refractivity contribution >= 4 is 11.6 Å². The predicted molar refractivity (Wildman–Crippen MR) is 87.2 cm³/mol. The van der Waals surface area contributed by atoms with E-state index in [1.807, 2.05) is 37.3 Å². The van der Waals surface area contributed by atoms with Crippen molar-refractivity contribution in [2.24, 2.45) is 5.73 Å². The molecule has 0 bridgehead atoms. The zero-order valence-corrected chi connectivity index (χ0v) is 13.4. The molecule has 3 heteroatoms. The van der Waals surface area contributed by atoms with E-state index >= 15 is 0 Å². The first kappa shape index (κ1) is 14.4. The molecule has 0 aromatic heterocycles. The monoisotopic (exact) mass is 301 g/mol. The molecule has 3 rings (SSSR count). The molecule has 1 aliphatic heterocycles. The van der Waals surface area contributed by atoms with Crippen LogP contribution in [0.5, 0.6) is 5.75 Å². The normalized spacial score (nSPS) is 17.2. The largest absolute Gasteiger partial charge is 0.492 e. The van der Waals surface area contributed by atoms with Crippen LogP contribution in [0.25, 0.3) is 0 Å². The van der Waals surface area contributed by atoms with Gasteiger partial charge in [0, 0.05) is 16.0 Å². The van der Waals surface area contributed by atoms with E-state index in [-0.39, 0.29) is 11.5 Å². The van der Waals surface area contributed by atoms with Crippen molar-refractivity contribution in [2.45, 2.75) is 32.2 Å². The van der Waals surface area contributed by atoms with Gasteiger partial charge in [0.05, 0.1) is 12.6 Å². The topological polar surface area (TPSA) is 35.2 Å². The molecule has 1 heterocycles. The van der Waals surface area contributed by atoms with Crippen molar-refractivity contribution in [3.05, 3.63) is 63.7 Å². The molecule has 0 saturated heterocycles. The fourth-order valence-electron chi connectivity index (χ4n) is 2.87. The zero-order chi connectivity index (χ0) is 15.2. The summed E-state index contributed by atoms with van der Waals surface area (Å²) in [6, 6.07) is 12.0. The van der Waals surface area contributed by atoms with Gasteiger partial charge < -0.3 is 10.5 Å². The van der Waals surface area contributed by atoms with E-state index in [9.17, 15) is 0 Å². The van der Waals surface area contributed by atoms with Gasteiger partial charge in [0.25, 0.3) is 0 Å². The van der Waals surface area contributed by atoms with Crippen LogP contribution >= 0.6 is 11.6 Å². The Kier molecular flexibility index (Phi) is 3.46. The van der Waals surface area contributed by atoms with Gasteiger partial charge in [0.1, 0.15) is 5.75 Å². The van der Waals surface area contributed by atoms with E-state index in [2.05, 4.69) is 19.9 Å². The molecular formula is C18H20ClNO. The fraction of sp³-hybridized carbons (Fsp3) is 0.333. The van der Waals surface area contributed by atoms with Crippen molar-refractivity contribution in [1.82, 2.24) is 0 Å². The predicted octanol–water partition coefficient (Wildman–Crippen LogP) is 4.37. The van der Waals surface area contributed by atoms with Crippen LogP contribution in [0, 0.1) is 6.92 Å². The summed E-state index contributed by atoms with van der Waals surface area (Å²) in [6.45, 7) is 7.12. The average molecular weight is 302 g/mol. The molecule has 0 saturated carbocycles. The molecular weight excluding hydrogens is 282 g/mol. The van der Waals surface area contributed by atoms with Crippen LogP contribution < -0.4 is 10.5 Å². The number of benzene rings is 2. The number of hydrogen-bond acceptors (Lipinski definition) is 2. The second-order valence-electron chi connectivity index (χ2n) is 6.36. The van der Waals surface area contributed by atoms with E-state index in [1.165, 1.54) is 5.56 Å². The van der Waals surface area contributed by atoms with Gasteiger partial charge in [-0.3, -0.25) is 0 Å². The van der Waals surface area contributed by atoms with Crippen molar-refractivity contribution in [3.63, 3.8) is 0 Å². The lowest BCUT2D eigenvalue weighted by atomic mass is 9.84. The zero-order valence-electron chi connectivity index (χ0n) is 12.6. The Balaban J connectivity index is 2.03. The SMILES string of the molecule is Cc1c(Cl)cccc1C(N)c1ccc2c(c1)C(C)(C)CO2. The van der Waals surface area contributed by atoms with Crippen molar-refractivity contribution < 1.29 is 4.74 Å². The highest BCUT2D eigenvalue weighted by atomic mass is 35.5. The Hall–Kier alpha value is -1.51. The summed E-state index contributed by atoms with van der Waals surface area (Å²) in [7, 11) is 0. The molecule has 0 radical (unpaired) electrons. The number of rotatable bonds is 2. The number of fused-ring (bicyclic) bond motifs is 1. The van der Waals surface area contributed by atoms with Crippen LogP contribution in [0.2, 0.25) is 5.02 Å². The average Bonchev–Trinajstić information content (AvgIpc) is 2.76. The first-order valence-corrected chi connectivity index (χ1v) is 7.56. The lowest BCUT2D eigenvalue weighted by Gasteiger charge is -2.19. The van der Waals surface area contributed by atoms with Gasteiger partial charge in [-0.2, -0.15) is 0 Å². The Morgan fingerprint density at radius 3 is 2.76 bits per heavy atom. The van der Waals surface area contributed by atoms with E-state index < -0.39 is 0 Å². The van der Waals surface area contributed by atoms with Crippen LogP contribution in [0.1, 0.15) is 42.1 Å². The van der Waals surface area contributed by atoms with Crippen molar-refractivity contribution in [1.29, 1.82) is 0 Å². The Morgan fingerprint density at radius 1 is 1.24 bits per heavy atom. The van der Waals surface area contributed by atoms with Gasteiger partial charge in [0.15, 0.2) is 0 Å². The molecule has 0 aliphatic carbocycles. The quantitative estimate of drug-likeness (QED) is 0.894. The molecule has 2 N–H and O–H groups in total. The van der Waals surface area contributed by atoms with E-state index in [0.717, 1.165) is 34.1 Å². The molecule has 2 nitrogen and oxygen atoms in total. The standard InChI is InChI=1S/C18H20ClNO/c1-11-13(5-4-6-15(11)19)17(20)12-7-8-16-14(9-12)18(2,3)10-21-16/h4-9,17H,10,20H2,1-3H3. The third-order valence-corrected chi connectivity index (χ3v) is 4.73. The number of ether oxygens (including phenoxy) is 1. The second-order valence-corrected chi connectivity index (χ2v) is 6.77. The van der Waals surface area contributed by atoms with Gasteiger partial charge in [-0.1, -0.05) is 43.6 Å². The van der Waals surface area contributed by atoms with Crippen molar-refractivity contribution in [2.75, 3.05) is 6.61 Å². The van der Waals surface area contributed by atoms with E-state index in [4.69, 9.17) is 22.1 Å². The summed E-state index contributed by atoms with van der Waals surface area (Å²) in [5.74, 6) is 0.971. The van der Waals surface area contributed by atoms with Crippen LogP contribution in [0.15, 0.2) is 36.4 Å². The minimum atomic E-state index is -0.176. The van der Waals surface area contributed by atoms with Crippen LogP contribution in [-0.4, -0.2) is 6.61 Å². The van der Waals surface area contributed by atoms with Crippen LogP contribution in [0.4, 0.5) is 0 Å².